The van der Waals surface area contributed by atoms with Crippen molar-refractivity contribution in [2.45, 2.75) is 0 Å². The van der Waals surface area contributed by atoms with Crippen molar-refractivity contribution in [3.8, 4) is 22.8 Å². The Morgan fingerprint density at radius 1 is 1.04 bits per heavy atom. The predicted octanol–water partition coefficient (Wildman–Crippen LogP) is 5.23. The minimum Gasteiger partial charge on any atom is -0.465 e. The number of pyridine rings is 1. The van der Waals surface area contributed by atoms with Crippen LogP contribution in [0, 0.1) is 11.6 Å². The van der Waals surface area contributed by atoms with E-state index in [0.29, 0.717) is 44.4 Å². The third-order valence-corrected chi connectivity index (χ3v) is 4.69. The molecule has 0 atom stereocenters. The van der Waals surface area contributed by atoms with Gasteiger partial charge in [0.25, 0.3) is 0 Å². The Morgan fingerprint density at radius 3 is 2.70 bits per heavy atom. The summed E-state index contributed by atoms with van der Waals surface area (Å²) < 4.78 is 38.8. The van der Waals surface area contributed by atoms with Crippen LogP contribution in [0.1, 0.15) is 10.4 Å². The zero-order chi connectivity index (χ0) is 18.7. The molecule has 0 bridgehead atoms. The van der Waals surface area contributed by atoms with Gasteiger partial charge in [0.15, 0.2) is 0 Å². The minimum atomic E-state index is -0.784. The van der Waals surface area contributed by atoms with Gasteiger partial charge in [0, 0.05) is 10.9 Å². The van der Waals surface area contributed by atoms with E-state index >= 15 is 0 Å². The van der Waals surface area contributed by atoms with E-state index in [0.717, 1.165) is 0 Å². The van der Waals surface area contributed by atoms with Crippen molar-refractivity contribution in [2.75, 3.05) is 7.11 Å². The quantitative estimate of drug-likeness (QED) is 0.302. The molecule has 0 fully saturated rings. The van der Waals surface area contributed by atoms with Crippen LogP contribution in [0.5, 0.6) is 11.5 Å². The number of esters is 1. The maximum Gasteiger partial charge on any atom is 0.340 e. The van der Waals surface area contributed by atoms with Gasteiger partial charge in [-0.1, -0.05) is 12.1 Å². The Hall–Kier alpha value is -3.54. The van der Waals surface area contributed by atoms with Crippen molar-refractivity contribution >= 4 is 27.6 Å². The van der Waals surface area contributed by atoms with E-state index in [4.69, 9.17) is 4.74 Å². The molecule has 0 spiro atoms. The summed E-state index contributed by atoms with van der Waals surface area (Å²) in [6, 6.07) is 12.2. The number of halogens is 2. The number of rotatable bonds is 1. The van der Waals surface area contributed by atoms with Gasteiger partial charge in [-0.3, -0.25) is 0 Å². The Balaban J connectivity index is 1.94. The first-order chi connectivity index (χ1) is 13.1. The minimum absolute atomic E-state index is 0.202. The largest absolute Gasteiger partial charge is 0.465 e. The van der Waals surface area contributed by atoms with Crippen molar-refractivity contribution in [3.63, 3.8) is 0 Å². The van der Waals surface area contributed by atoms with E-state index in [-0.39, 0.29) is 5.56 Å². The van der Waals surface area contributed by atoms with Gasteiger partial charge >= 0.3 is 5.97 Å². The second kappa shape index (κ2) is 5.48. The fourth-order valence-electron chi connectivity index (χ4n) is 3.49. The molecule has 0 amide bonds. The summed E-state index contributed by atoms with van der Waals surface area (Å²) in [5.74, 6) is -0.846. The number of ether oxygens (including phenoxy) is 2. The smallest absolute Gasteiger partial charge is 0.340 e. The Labute approximate surface area is 152 Å². The molecule has 4 aromatic rings. The number of benzene rings is 3. The van der Waals surface area contributed by atoms with Crippen molar-refractivity contribution in [1.82, 2.24) is 4.98 Å². The molecule has 27 heavy (non-hydrogen) atoms. The predicted molar refractivity (Wildman–Crippen MR) is 96.0 cm³/mol. The molecule has 1 aliphatic rings. The monoisotopic (exact) mass is 363 g/mol. The maximum absolute atomic E-state index is 14.5. The first-order valence-corrected chi connectivity index (χ1v) is 8.19. The number of aromatic nitrogens is 1. The number of nitrogens with zero attached hydrogens (tertiary/aromatic N) is 1. The molecule has 6 heteroatoms. The van der Waals surface area contributed by atoms with Crippen LogP contribution in [0.4, 0.5) is 8.78 Å². The number of methoxy groups -OCH3 is 1. The number of fused-ring (bicyclic) bond motifs is 4. The average molecular weight is 363 g/mol. The zero-order valence-corrected chi connectivity index (χ0v) is 14.0. The number of hydrogen-bond acceptors (Lipinski definition) is 4. The van der Waals surface area contributed by atoms with Crippen LogP contribution in [0.15, 0.2) is 48.5 Å². The average Bonchev–Trinajstić information content (AvgIpc) is 2.68. The SMILES string of the molecule is COC(=O)c1cc2nc3c4c(cccc4c2cc1F)Oc1ccc(F)cc1-3. The van der Waals surface area contributed by atoms with Gasteiger partial charge in [0.2, 0.25) is 0 Å². The van der Waals surface area contributed by atoms with Crippen LogP contribution in [-0.2, 0) is 4.74 Å². The molecule has 0 N–H and O–H groups in total. The summed E-state index contributed by atoms with van der Waals surface area (Å²) in [5.41, 5.74) is 1.24. The molecule has 0 saturated carbocycles. The third-order valence-electron chi connectivity index (χ3n) is 4.69. The summed E-state index contributed by atoms with van der Waals surface area (Å²) in [6.07, 6.45) is 0. The number of carbonyl (C=O) groups is 1. The standard InChI is InChI=1S/C21H11F2NO3/c1-26-21(25)13-9-16-12(8-15(13)23)11-3-2-4-18-19(11)20(24-16)14-7-10(22)5-6-17(14)27-18/h2-9H,1H3. The summed E-state index contributed by atoms with van der Waals surface area (Å²) in [6.45, 7) is 0. The van der Waals surface area contributed by atoms with E-state index in [2.05, 4.69) is 9.72 Å². The molecule has 0 radical (unpaired) electrons. The van der Waals surface area contributed by atoms with Gasteiger partial charge in [-0.25, -0.2) is 18.6 Å². The molecule has 132 valence electrons. The van der Waals surface area contributed by atoms with E-state index < -0.39 is 17.6 Å². The highest BCUT2D eigenvalue weighted by atomic mass is 19.1. The molecule has 0 saturated heterocycles. The number of carbonyl (C=O) groups excluding carboxylic acids is 1. The third kappa shape index (κ3) is 2.19. The maximum atomic E-state index is 14.5. The Morgan fingerprint density at radius 2 is 1.89 bits per heavy atom. The van der Waals surface area contributed by atoms with Gasteiger partial charge < -0.3 is 9.47 Å². The lowest BCUT2D eigenvalue weighted by Gasteiger charge is -2.21. The summed E-state index contributed by atoms with van der Waals surface area (Å²) in [4.78, 5) is 16.5. The van der Waals surface area contributed by atoms with Crippen LogP contribution in [0.25, 0.3) is 32.9 Å². The lowest BCUT2D eigenvalue weighted by Crippen LogP contribution is -2.06. The fraction of sp³-hybridized carbons (Fsp3) is 0.0476. The number of hydrogen-bond donors (Lipinski definition) is 0. The van der Waals surface area contributed by atoms with Gasteiger partial charge in [-0.2, -0.15) is 0 Å². The first kappa shape index (κ1) is 15.7. The topological polar surface area (TPSA) is 48.4 Å². The van der Waals surface area contributed by atoms with Crippen LogP contribution >= 0.6 is 0 Å². The van der Waals surface area contributed by atoms with Crippen LogP contribution in [0.3, 0.4) is 0 Å². The highest BCUT2D eigenvalue weighted by molar-refractivity contribution is 6.15. The molecule has 5 rings (SSSR count). The molecule has 0 unspecified atom stereocenters. The second-order valence-corrected chi connectivity index (χ2v) is 6.22. The van der Waals surface area contributed by atoms with E-state index in [1.165, 1.54) is 31.4 Å². The van der Waals surface area contributed by atoms with Crippen molar-refractivity contribution in [2.24, 2.45) is 0 Å². The molecule has 4 nitrogen and oxygen atoms in total. The zero-order valence-electron chi connectivity index (χ0n) is 14.0. The molecule has 2 heterocycles. The van der Waals surface area contributed by atoms with Crippen LogP contribution in [-0.4, -0.2) is 18.1 Å². The molecular weight excluding hydrogens is 352 g/mol. The van der Waals surface area contributed by atoms with E-state index in [1.807, 2.05) is 6.07 Å². The Kier molecular flexibility index (Phi) is 3.18. The summed E-state index contributed by atoms with van der Waals surface area (Å²) in [7, 11) is 1.19. The normalized spacial score (nSPS) is 12.0. The van der Waals surface area contributed by atoms with Gasteiger partial charge in [0.1, 0.15) is 23.1 Å². The van der Waals surface area contributed by atoms with Gasteiger partial charge in [0.05, 0.1) is 29.3 Å². The van der Waals surface area contributed by atoms with Crippen molar-refractivity contribution in [1.29, 1.82) is 0 Å². The molecular formula is C21H11F2NO3. The first-order valence-electron chi connectivity index (χ1n) is 8.19. The van der Waals surface area contributed by atoms with Crippen LogP contribution < -0.4 is 4.74 Å². The lowest BCUT2D eigenvalue weighted by molar-refractivity contribution is 0.0595. The van der Waals surface area contributed by atoms with Crippen molar-refractivity contribution < 1.29 is 23.0 Å². The molecule has 0 aliphatic carbocycles. The second-order valence-electron chi connectivity index (χ2n) is 6.22. The van der Waals surface area contributed by atoms with Gasteiger partial charge in [-0.15, -0.1) is 0 Å². The molecule has 1 aromatic heterocycles. The van der Waals surface area contributed by atoms with E-state index in [1.54, 1.807) is 18.2 Å². The summed E-state index contributed by atoms with van der Waals surface area (Å²) in [5, 5.41) is 1.91. The van der Waals surface area contributed by atoms with Crippen LogP contribution in [0.2, 0.25) is 0 Å². The Bertz CT molecular complexity index is 1280. The lowest BCUT2D eigenvalue weighted by atomic mass is 9.96. The van der Waals surface area contributed by atoms with E-state index in [9.17, 15) is 13.6 Å². The summed E-state index contributed by atoms with van der Waals surface area (Å²) >= 11 is 0. The highest BCUT2D eigenvalue weighted by Crippen LogP contribution is 2.47. The fourth-order valence-corrected chi connectivity index (χ4v) is 3.49. The highest BCUT2D eigenvalue weighted by Gasteiger charge is 2.24. The molecule has 3 aromatic carbocycles. The molecule has 1 aliphatic heterocycles. The van der Waals surface area contributed by atoms with Crippen molar-refractivity contribution in [3.05, 3.63) is 65.7 Å². The van der Waals surface area contributed by atoms with Gasteiger partial charge in [-0.05, 0) is 41.8 Å².